The highest BCUT2D eigenvalue weighted by Crippen LogP contribution is 2.39. The first-order chi connectivity index (χ1) is 28.0. The lowest BCUT2D eigenvalue weighted by molar-refractivity contribution is -0.299. The molecule has 2 aliphatic heterocycles. The number of likely N-dealkylation sites (N-methyl/N-ethyl adjacent to an activating group) is 1. The molecule has 2 fully saturated rings. The van der Waals surface area contributed by atoms with E-state index in [1.165, 1.54) is 14.0 Å². The fourth-order valence-corrected chi connectivity index (χ4v) is 8.70. The van der Waals surface area contributed by atoms with Gasteiger partial charge >= 0.3 is 18.2 Å². The van der Waals surface area contributed by atoms with Crippen LogP contribution in [0.25, 0.3) is 0 Å². The van der Waals surface area contributed by atoms with E-state index in [1.807, 2.05) is 44.9 Å². The summed E-state index contributed by atoms with van der Waals surface area (Å²) >= 11 is 0. The number of carbonyl (C=O) groups is 3. The quantitative estimate of drug-likeness (QED) is 0.108. The summed E-state index contributed by atoms with van der Waals surface area (Å²) < 4.78 is 42.1. The third-order valence-electron chi connectivity index (χ3n) is 12.5. The van der Waals surface area contributed by atoms with Crippen LogP contribution >= 0.6 is 0 Å². The van der Waals surface area contributed by atoms with Crippen LogP contribution in [-0.2, 0) is 39.8 Å². The van der Waals surface area contributed by atoms with Crippen molar-refractivity contribution in [3.8, 4) is 5.75 Å². The van der Waals surface area contributed by atoms with Crippen molar-refractivity contribution < 1.29 is 62.9 Å². The van der Waals surface area contributed by atoms with Gasteiger partial charge < -0.3 is 59.1 Å². The van der Waals surface area contributed by atoms with Crippen molar-refractivity contribution in [3.05, 3.63) is 29.8 Å². The van der Waals surface area contributed by atoms with Crippen molar-refractivity contribution in [1.82, 2.24) is 15.5 Å². The summed E-state index contributed by atoms with van der Waals surface area (Å²) in [5, 5.41) is 41.3. The molecule has 2 aliphatic rings. The molecule has 60 heavy (non-hydrogen) atoms. The minimum absolute atomic E-state index is 0.0898. The van der Waals surface area contributed by atoms with Crippen molar-refractivity contribution in [1.29, 1.82) is 0 Å². The fraction of sp³-hybridized carbons (Fsp3) is 0.795. The summed E-state index contributed by atoms with van der Waals surface area (Å²) in [6.07, 6.45) is -6.93. The number of aliphatic hydroxyl groups is 3. The number of hydrogen-bond donors (Lipinski definition) is 5. The number of ether oxygens (including phenoxy) is 7. The molecule has 16 nitrogen and oxygen atoms in total. The summed E-state index contributed by atoms with van der Waals surface area (Å²) in [5.41, 5.74) is -3.84. The molecule has 2 amide bonds. The van der Waals surface area contributed by atoms with Crippen molar-refractivity contribution in [2.75, 3.05) is 34.4 Å². The lowest BCUT2D eigenvalue weighted by Crippen LogP contribution is -2.61. The number of benzene rings is 1. The summed E-state index contributed by atoms with van der Waals surface area (Å²) in [6.45, 7) is 18.2. The Hall–Kier alpha value is -3.25. The Labute approximate surface area is 357 Å². The molecule has 2 heterocycles. The van der Waals surface area contributed by atoms with Gasteiger partial charge in [-0.25, -0.2) is 9.59 Å². The maximum atomic E-state index is 14.5. The van der Waals surface area contributed by atoms with Gasteiger partial charge in [0, 0.05) is 45.1 Å². The van der Waals surface area contributed by atoms with E-state index in [4.69, 9.17) is 33.2 Å². The van der Waals surface area contributed by atoms with Gasteiger partial charge in [-0.3, -0.25) is 9.69 Å². The first-order valence-corrected chi connectivity index (χ1v) is 21.5. The van der Waals surface area contributed by atoms with Crippen molar-refractivity contribution >= 4 is 18.2 Å². The molecule has 16 heteroatoms. The van der Waals surface area contributed by atoms with Gasteiger partial charge in [0.25, 0.3) is 0 Å². The van der Waals surface area contributed by atoms with E-state index >= 15 is 0 Å². The van der Waals surface area contributed by atoms with E-state index in [9.17, 15) is 29.7 Å². The van der Waals surface area contributed by atoms with Crippen LogP contribution in [0.4, 0.5) is 9.59 Å². The molecule has 1 aromatic rings. The van der Waals surface area contributed by atoms with Gasteiger partial charge in [0.1, 0.15) is 29.7 Å². The molecule has 0 spiro atoms. The second kappa shape index (κ2) is 22.2. The van der Waals surface area contributed by atoms with Crippen LogP contribution in [0.1, 0.15) is 107 Å². The van der Waals surface area contributed by atoms with Gasteiger partial charge in [0.05, 0.1) is 36.4 Å². The van der Waals surface area contributed by atoms with E-state index < -0.39 is 95.8 Å². The molecule has 3 rings (SSSR count). The van der Waals surface area contributed by atoms with Crippen LogP contribution in [0.3, 0.4) is 0 Å². The van der Waals surface area contributed by atoms with Gasteiger partial charge in [-0.15, -0.1) is 0 Å². The van der Waals surface area contributed by atoms with E-state index in [0.717, 1.165) is 18.4 Å². The number of hydrogen-bond acceptors (Lipinski definition) is 14. The first kappa shape index (κ1) is 51.1. The van der Waals surface area contributed by atoms with E-state index in [2.05, 4.69) is 10.6 Å². The fourth-order valence-electron chi connectivity index (χ4n) is 8.70. The predicted octanol–water partition coefficient (Wildman–Crippen LogP) is 4.93. The highest BCUT2D eigenvalue weighted by Gasteiger charge is 2.52. The minimum atomic E-state index is -1.91. The minimum Gasteiger partial charge on any atom is -0.497 e. The number of amides is 2. The maximum Gasteiger partial charge on any atom is 0.407 e. The Morgan fingerprint density at radius 3 is 2.13 bits per heavy atom. The second-order valence-corrected chi connectivity index (χ2v) is 17.7. The molecule has 1 aromatic carbocycles. The molecule has 0 radical (unpaired) electrons. The van der Waals surface area contributed by atoms with Crippen molar-refractivity contribution in [3.63, 3.8) is 0 Å². The normalized spacial score (nSPS) is 37.5. The number of carbonyl (C=O) groups excluding carboxylic acids is 3. The number of alkyl carbamates (subject to hydrolysis) is 2. The summed E-state index contributed by atoms with van der Waals surface area (Å²) in [7, 11) is 4.88. The number of unbranched alkanes of at least 4 members (excludes halogenated alkanes) is 1. The Bertz CT molecular complexity index is 1510. The number of aliphatic hydroxyl groups excluding tert-OH is 1. The third-order valence-corrected chi connectivity index (χ3v) is 12.5. The number of methoxy groups -OCH3 is 2. The van der Waals surface area contributed by atoms with Crippen LogP contribution in [0.15, 0.2) is 24.3 Å². The van der Waals surface area contributed by atoms with Crippen LogP contribution in [-0.4, -0.2) is 138 Å². The number of nitrogens with zero attached hydrogens (tertiary/aromatic N) is 1. The van der Waals surface area contributed by atoms with Crippen LogP contribution in [0, 0.1) is 17.8 Å². The molecule has 14 atom stereocenters. The van der Waals surface area contributed by atoms with Crippen molar-refractivity contribution in [2.24, 2.45) is 17.8 Å². The highest BCUT2D eigenvalue weighted by molar-refractivity contribution is 5.73. The van der Waals surface area contributed by atoms with Gasteiger partial charge in [-0.1, -0.05) is 46.2 Å². The average Bonchev–Trinajstić information content (AvgIpc) is 3.19. The maximum absolute atomic E-state index is 14.5. The van der Waals surface area contributed by atoms with Crippen LogP contribution in [0.5, 0.6) is 5.75 Å². The van der Waals surface area contributed by atoms with Crippen LogP contribution in [0.2, 0.25) is 0 Å². The zero-order valence-electron chi connectivity index (χ0n) is 38.2. The Morgan fingerprint density at radius 1 is 0.933 bits per heavy atom. The molecular weight excluding hydrogens is 778 g/mol. The lowest BCUT2D eigenvalue weighted by Gasteiger charge is -2.47. The van der Waals surface area contributed by atoms with Gasteiger partial charge in [-0.2, -0.15) is 0 Å². The summed E-state index contributed by atoms with van der Waals surface area (Å²) in [5.74, 6) is -2.26. The Kier molecular flexibility index (Phi) is 18.9. The number of esters is 1. The molecule has 0 unspecified atom stereocenters. The molecule has 344 valence electrons. The SMILES string of the molecule is CCCCNC(=O)O[C@@H]1[C@@H](C)[C@H](O[C@H]2C[C@@](C)(OC)[C@@H](O)[C@H](C)O2)[C@@H](C)C(=O)O[C@H](CC)[C@@](C)(O)[C@H](OC(=O)NCc2ccc(OC)cc2)[C@@H](C)N(C)C[C@H](C)C[C@@]1(C)O. The number of cyclic esters (lactones) is 1. The van der Waals surface area contributed by atoms with E-state index in [-0.39, 0.29) is 31.7 Å². The zero-order chi connectivity index (χ0) is 45.2. The molecule has 0 aliphatic carbocycles. The summed E-state index contributed by atoms with van der Waals surface area (Å²) in [6, 6.07) is 6.55. The topological polar surface area (TPSA) is 204 Å². The molecule has 0 aromatic heterocycles. The van der Waals surface area contributed by atoms with Gasteiger partial charge in [0.2, 0.25) is 0 Å². The van der Waals surface area contributed by atoms with Crippen LogP contribution < -0.4 is 15.4 Å². The smallest absolute Gasteiger partial charge is 0.407 e. The summed E-state index contributed by atoms with van der Waals surface area (Å²) in [4.78, 5) is 43.2. The van der Waals surface area contributed by atoms with E-state index in [1.54, 1.807) is 60.8 Å². The first-order valence-electron chi connectivity index (χ1n) is 21.5. The Morgan fingerprint density at radius 2 is 1.55 bits per heavy atom. The molecule has 5 N–H and O–H groups in total. The monoisotopic (exact) mass is 854 g/mol. The number of rotatable bonds is 12. The standard InChI is InChI=1S/C44H75N3O13/c1-14-16-21-45-40(50)59-37-27(4)35(58-34-23-43(9,55-13)36(48)30(7)56-34)28(5)39(49)57-33(15-2)44(10,53)38(29(6)47(11)25-26(3)22-42(37,8)52)60-41(51)46-24-31-17-19-32(54-12)20-18-31/h17-20,26-30,33-38,48,52-53H,14-16,21-25H2,1-13H3,(H,45,50)(H,46,51)/t26-,27+,28-,29-,30+,33-,34+,35+,36+,37-,38-,42-,43-,44-/m1/s1. The van der Waals surface area contributed by atoms with E-state index in [0.29, 0.717) is 18.8 Å². The second-order valence-electron chi connectivity index (χ2n) is 17.7. The largest absolute Gasteiger partial charge is 0.497 e. The molecule has 2 saturated heterocycles. The molecule has 0 bridgehead atoms. The van der Waals surface area contributed by atoms with Gasteiger partial charge in [-0.05, 0) is 91.5 Å². The van der Waals surface area contributed by atoms with Gasteiger partial charge in [0.15, 0.2) is 12.4 Å². The highest BCUT2D eigenvalue weighted by atomic mass is 16.7. The molecular formula is C44H75N3O13. The predicted molar refractivity (Wildman–Crippen MR) is 224 cm³/mol. The zero-order valence-corrected chi connectivity index (χ0v) is 38.2. The third kappa shape index (κ3) is 13.1. The lowest BCUT2D eigenvalue weighted by atomic mass is 9.78. The molecule has 0 saturated carbocycles. The Balaban J connectivity index is 2.09. The van der Waals surface area contributed by atoms with Crippen molar-refractivity contribution in [2.45, 2.75) is 174 Å². The average molecular weight is 854 g/mol. The number of nitrogens with one attached hydrogen (secondary N) is 2.